The van der Waals surface area contributed by atoms with E-state index >= 15 is 0 Å². The molecule has 1 aromatic heterocycles. The zero-order valence-corrected chi connectivity index (χ0v) is 13.8. The molecular weight excluding hydrogens is 278 g/mol. The molecule has 0 aliphatic heterocycles. The molecule has 2 aromatic rings. The Morgan fingerprint density at radius 3 is 2.43 bits per heavy atom. The largest absolute Gasteiger partial charge is 0.309 e. The number of benzene rings is 1. The van der Waals surface area contributed by atoms with E-state index in [9.17, 15) is 0 Å². The molecule has 1 saturated carbocycles. The van der Waals surface area contributed by atoms with Crippen LogP contribution in [0.15, 0.2) is 24.3 Å². The van der Waals surface area contributed by atoms with E-state index in [-0.39, 0.29) is 6.04 Å². The van der Waals surface area contributed by atoms with E-state index in [1.165, 1.54) is 46.8 Å². The van der Waals surface area contributed by atoms with Crippen molar-refractivity contribution in [1.82, 2.24) is 14.9 Å². The minimum absolute atomic E-state index is 0.192. The summed E-state index contributed by atoms with van der Waals surface area (Å²) in [5, 5.41) is 7.73. The monoisotopic (exact) mass is 301 g/mol. The fraction of sp³-hybridized carbons (Fsp3) is 0.529. The zero-order valence-electron chi connectivity index (χ0n) is 13.0. The van der Waals surface area contributed by atoms with Gasteiger partial charge in [0.2, 0.25) is 0 Å². The molecule has 1 aliphatic rings. The van der Waals surface area contributed by atoms with Crippen molar-refractivity contribution in [1.29, 1.82) is 0 Å². The maximum Gasteiger partial charge on any atom is 0.0832 e. The van der Waals surface area contributed by atoms with E-state index in [4.69, 9.17) is 0 Å². The summed E-state index contributed by atoms with van der Waals surface area (Å²) in [6.07, 6.45) is 4.09. The van der Waals surface area contributed by atoms with Crippen LogP contribution in [0.2, 0.25) is 0 Å². The van der Waals surface area contributed by atoms with Crippen LogP contribution in [0.1, 0.15) is 72.7 Å². The molecule has 1 N–H and O–H groups in total. The molecule has 3 nitrogen and oxygen atoms in total. The molecule has 0 amide bonds. The molecule has 0 radical (unpaired) electrons. The second-order valence-electron chi connectivity index (χ2n) is 6.19. The van der Waals surface area contributed by atoms with E-state index in [2.05, 4.69) is 53.0 Å². The Balaban J connectivity index is 1.87. The van der Waals surface area contributed by atoms with Crippen molar-refractivity contribution < 1.29 is 0 Å². The van der Waals surface area contributed by atoms with E-state index in [1.54, 1.807) is 0 Å². The van der Waals surface area contributed by atoms with Gasteiger partial charge in [-0.2, -0.15) is 0 Å². The topological polar surface area (TPSA) is 37.8 Å². The third-order valence-corrected chi connectivity index (χ3v) is 5.29. The lowest BCUT2D eigenvalue weighted by Crippen LogP contribution is -2.18. The molecule has 1 aromatic carbocycles. The van der Waals surface area contributed by atoms with Gasteiger partial charge in [-0.3, -0.25) is 0 Å². The molecule has 1 atom stereocenters. The van der Waals surface area contributed by atoms with Gasteiger partial charge in [0, 0.05) is 0 Å². The van der Waals surface area contributed by atoms with Gasteiger partial charge < -0.3 is 5.32 Å². The van der Waals surface area contributed by atoms with Crippen LogP contribution in [-0.2, 0) is 0 Å². The van der Waals surface area contributed by atoms with Gasteiger partial charge in [-0.25, -0.2) is 0 Å². The average Bonchev–Trinajstić information content (AvgIpc) is 2.89. The third-order valence-electron chi connectivity index (χ3n) is 4.48. The van der Waals surface area contributed by atoms with Crippen molar-refractivity contribution in [2.45, 2.75) is 51.0 Å². The first-order valence-electron chi connectivity index (χ1n) is 7.80. The lowest BCUT2D eigenvalue weighted by molar-refractivity contribution is 0.419. The molecule has 0 saturated heterocycles. The average molecular weight is 301 g/mol. The van der Waals surface area contributed by atoms with Crippen LogP contribution in [0.5, 0.6) is 0 Å². The minimum Gasteiger partial charge on any atom is -0.309 e. The summed E-state index contributed by atoms with van der Waals surface area (Å²) >= 11 is 1.51. The number of nitrogens with zero attached hydrogens (tertiary/aromatic N) is 2. The van der Waals surface area contributed by atoms with Crippen LogP contribution < -0.4 is 5.32 Å². The Morgan fingerprint density at radius 2 is 1.90 bits per heavy atom. The SMILES string of the molecule is CNC(c1ccc(C2CCC2)cc1)c1snnc1C(C)C. The quantitative estimate of drug-likeness (QED) is 0.897. The number of rotatable bonds is 5. The smallest absolute Gasteiger partial charge is 0.0832 e. The Hall–Kier alpha value is -1.26. The van der Waals surface area contributed by atoms with Gasteiger partial charge in [-0.15, -0.1) is 5.10 Å². The van der Waals surface area contributed by atoms with Crippen LogP contribution in [0.4, 0.5) is 0 Å². The molecule has 112 valence electrons. The summed E-state index contributed by atoms with van der Waals surface area (Å²) < 4.78 is 4.16. The van der Waals surface area contributed by atoms with Gasteiger partial charge in [0.05, 0.1) is 16.6 Å². The normalized spacial score (nSPS) is 17.0. The molecule has 21 heavy (non-hydrogen) atoms. The second kappa shape index (κ2) is 6.24. The number of nitrogens with one attached hydrogen (secondary N) is 1. The molecule has 1 unspecified atom stereocenters. The summed E-state index contributed by atoms with van der Waals surface area (Å²) in [5.74, 6) is 1.20. The highest BCUT2D eigenvalue weighted by atomic mass is 32.1. The lowest BCUT2D eigenvalue weighted by Gasteiger charge is -2.26. The highest BCUT2D eigenvalue weighted by Crippen LogP contribution is 2.37. The van der Waals surface area contributed by atoms with Crippen LogP contribution in [0.3, 0.4) is 0 Å². The van der Waals surface area contributed by atoms with Crippen molar-refractivity contribution in [3.8, 4) is 0 Å². The predicted octanol–water partition coefficient (Wildman–Crippen LogP) is 4.24. The molecule has 4 heteroatoms. The van der Waals surface area contributed by atoms with Gasteiger partial charge in [0.15, 0.2) is 0 Å². The van der Waals surface area contributed by atoms with Crippen molar-refractivity contribution in [3.63, 3.8) is 0 Å². The van der Waals surface area contributed by atoms with Gasteiger partial charge in [0.25, 0.3) is 0 Å². The molecule has 1 heterocycles. The highest BCUT2D eigenvalue weighted by Gasteiger charge is 2.23. The summed E-state index contributed by atoms with van der Waals surface area (Å²) in [5.41, 5.74) is 3.90. The highest BCUT2D eigenvalue weighted by molar-refractivity contribution is 7.05. The van der Waals surface area contributed by atoms with Gasteiger partial charge in [0.1, 0.15) is 0 Å². The van der Waals surface area contributed by atoms with Gasteiger partial charge in [-0.05, 0) is 54.4 Å². The van der Waals surface area contributed by atoms with Crippen LogP contribution >= 0.6 is 11.5 Å². The van der Waals surface area contributed by atoms with Crippen molar-refractivity contribution in [2.75, 3.05) is 7.05 Å². The third kappa shape index (κ3) is 2.87. The number of hydrogen-bond acceptors (Lipinski definition) is 4. The molecule has 3 rings (SSSR count). The van der Waals surface area contributed by atoms with E-state index < -0.39 is 0 Å². The van der Waals surface area contributed by atoms with Crippen molar-refractivity contribution in [2.24, 2.45) is 0 Å². The fourth-order valence-electron chi connectivity index (χ4n) is 2.96. The van der Waals surface area contributed by atoms with E-state index in [1.807, 2.05) is 7.05 Å². The van der Waals surface area contributed by atoms with Crippen molar-refractivity contribution >= 4 is 11.5 Å². The molecule has 1 fully saturated rings. The Kier molecular flexibility index (Phi) is 4.36. The molecule has 1 aliphatic carbocycles. The molecule has 0 bridgehead atoms. The maximum atomic E-state index is 4.31. The first kappa shape index (κ1) is 14.7. The van der Waals surface area contributed by atoms with Crippen LogP contribution in [0.25, 0.3) is 0 Å². The summed E-state index contributed by atoms with van der Waals surface area (Å²) in [4.78, 5) is 1.24. The second-order valence-corrected chi connectivity index (χ2v) is 6.98. The van der Waals surface area contributed by atoms with Crippen molar-refractivity contribution in [3.05, 3.63) is 46.0 Å². The maximum absolute atomic E-state index is 4.31. The zero-order chi connectivity index (χ0) is 14.8. The number of hydrogen-bond donors (Lipinski definition) is 1. The minimum atomic E-state index is 0.192. The standard InChI is InChI=1S/C17H23N3S/c1-11(2)15-17(21-20-19-15)16(18-3)14-9-7-13(8-10-14)12-5-4-6-12/h7-12,16,18H,4-6H2,1-3H3. The van der Waals surface area contributed by atoms with Gasteiger partial charge >= 0.3 is 0 Å². The van der Waals surface area contributed by atoms with E-state index in [0.29, 0.717) is 5.92 Å². The van der Waals surface area contributed by atoms with E-state index in [0.717, 1.165) is 11.6 Å². The molecular formula is C17H23N3S. The summed E-state index contributed by atoms with van der Waals surface area (Å²) in [6, 6.07) is 9.31. The fourth-order valence-corrected chi connectivity index (χ4v) is 3.90. The Morgan fingerprint density at radius 1 is 1.19 bits per heavy atom. The summed E-state index contributed by atoms with van der Waals surface area (Å²) in [6.45, 7) is 4.35. The van der Waals surface area contributed by atoms with Crippen LogP contribution in [-0.4, -0.2) is 16.6 Å². The lowest BCUT2D eigenvalue weighted by atomic mass is 9.80. The Labute approximate surface area is 131 Å². The predicted molar refractivity (Wildman–Crippen MR) is 87.9 cm³/mol. The Bertz CT molecular complexity index is 584. The first-order valence-corrected chi connectivity index (χ1v) is 8.57. The molecule has 0 spiro atoms. The number of aromatic nitrogens is 2. The summed E-state index contributed by atoms with van der Waals surface area (Å²) in [7, 11) is 2.01. The van der Waals surface area contributed by atoms with Crippen LogP contribution in [0, 0.1) is 0 Å². The first-order chi connectivity index (χ1) is 10.2. The van der Waals surface area contributed by atoms with Gasteiger partial charge in [-0.1, -0.05) is 49.0 Å².